The number of hydrogen-bond acceptors (Lipinski definition) is 0. The number of hydrogen-bond donors (Lipinski definition) is 0. The Balaban J connectivity index is 2.20. The fraction of sp³-hybridized carbons (Fsp3) is 0.421. The van der Waals surface area contributed by atoms with Gasteiger partial charge < -0.3 is 0 Å². The van der Waals surface area contributed by atoms with Crippen molar-refractivity contribution in [3.63, 3.8) is 0 Å². The monoisotopic (exact) mass is 321 g/mol. The zero-order chi connectivity index (χ0) is 17.5. The lowest BCUT2D eigenvalue weighted by Crippen LogP contribution is -2.41. The molecule has 1 heterocycles. The van der Waals surface area contributed by atoms with Gasteiger partial charge in [-0.25, -0.2) is 4.57 Å². The Morgan fingerprint density at radius 1 is 1.17 bits per heavy atom. The van der Waals surface area contributed by atoms with Crippen molar-refractivity contribution in [2.24, 2.45) is 7.05 Å². The zero-order valence-corrected chi connectivity index (χ0v) is 13.4. The van der Waals surface area contributed by atoms with Gasteiger partial charge in [-0.3, -0.25) is 0 Å². The molecule has 1 fully saturated rings. The summed E-state index contributed by atoms with van der Waals surface area (Å²) in [6, 6.07) is 8.90. The molecule has 1 aliphatic carbocycles. The van der Waals surface area contributed by atoms with Gasteiger partial charge in [0, 0.05) is 17.7 Å². The summed E-state index contributed by atoms with van der Waals surface area (Å²) in [5.74, 6) is 0. The minimum Gasteiger partial charge on any atom is -0.201 e. The Morgan fingerprint density at radius 3 is 2.48 bits per heavy atom. The van der Waals surface area contributed by atoms with Crippen LogP contribution in [0.2, 0.25) is 0 Å². The fourth-order valence-corrected chi connectivity index (χ4v) is 3.63. The van der Waals surface area contributed by atoms with Crippen LogP contribution in [-0.2, 0) is 12.5 Å². The maximum absolute atomic E-state index is 13.9. The molecule has 0 amide bonds. The summed E-state index contributed by atoms with van der Waals surface area (Å²) in [4.78, 5) is 0. The molecule has 0 saturated heterocycles. The molecule has 0 radical (unpaired) electrons. The molecule has 1 aromatic heterocycles. The SMILES string of the molecule is [2H]c1cccc(C)c1-c1cc(C2(C(F)(F)F)CCCC2)cc[n+]1C. The molecule has 1 saturated carbocycles. The predicted molar refractivity (Wildman–Crippen MR) is 84.0 cm³/mol. The first-order chi connectivity index (χ1) is 11.3. The molecule has 122 valence electrons. The van der Waals surface area contributed by atoms with Crippen LogP contribution in [0.4, 0.5) is 13.2 Å². The van der Waals surface area contributed by atoms with Crippen molar-refractivity contribution in [2.45, 2.75) is 44.2 Å². The lowest BCUT2D eigenvalue weighted by atomic mass is 9.78. The van der Waals surface area contributed by atoms with Gasteiger partial charge in [-0.05, 0) is 36.9 Å². The average molecular weight is 321 g/mol. The third-order valence-electron chi connectivity index (χ3n) is 5.02. The van der Waals surface area contributed by atoms with Crippen LogP contribution in [0.15, 0.2) is 42.6 Å². The molecular weight excluding hydrogens is 299 g/mol. The quantitative estimate of drug-likeness (QED) is 0.696. The lowest BCUT2D eigenvalue weighted by molar-refractivity contribution is -0.660. The summed E-state index contributed by atoms with van der Waals surface area (Å²) in [5, 5.41) is 0. The molecule has 1 aromatic carbocycles. The Labute approximate surface area is 136 Å². The van der Waals surface area contributed by atoms with Gasteiger partial charge in [0.15, 0.2) is 6.20 Å². The van der Waals surface area contributed by atoms with Gasteiger partial charge in [0.1, 0.15) is 7.05 Å². The highest BCUT2D eigenvalue weighted by Crippen LogP contribution is 2.52. The van der Waals surface area contributed by atoms with Gasteiger partial charge in [-0.1, -0.05) is 31.0 Å². The number of nitrogens with zero attached hydrogens (tertiary/aromatic N) is 1. The van der Waals surface area contributed by atoms with E-state index in [2.05, 4.69) is 0 Å². The standard InChI is InChI=1S/C19H21F3N/c1-14-7-3-4-8-16(14)17-13-15(9-12-23(17)2)18(19(20,21)22)10-5-6-11-18/h3-4,7-9,12-13H,5-6,10-11H2,1-2H3/q+1/i8D. The first-order valence-corrected chi connectivity index (χ1v) is 7.90. The van der Waals surface area contributed by atoms with E-state index < -0.39 is 11.6 Å². The van der Waals surface area contributed by atoms with Crippen molar-refractivity contribution in [2.75, 3.05) is 0 Å². The largest absolute Gasteiger partial charge is 0.398 e. The molecule has 0 unspecified atom stereocenters. The molecule has 1 nitrogen and oxygen atoms in total. The third kappa shape index (κ3) is 2.64. The molecule has 1 aliphatic rings. The first kappa shape index (κ1) is 14.7. The Morgan fingerprint density at radius 2 is 1.87 bits per heavy atom. The maximum Gasteiger partial charge on any atom is 0.398 e. The summed E-state index contributed by atoms with van der Waals surface area (Å²) in [5.41, 5.74) is 0.815. The maximum atomic E-state index is 13.9. The molecule has 4 heteroatoms. The second-order valence-corrected chi connectivity index (χ2v) is 6.43. The van der Waals surface area contributed by atoms with Crippen LogP contribution in [0.25, 0.3) is 11.3 Å². The van der Waals surface area contributed by atoms with Crippen LogP contribution in [0, 0.1) is 6.92 Å². The first-order valence-electron chi connectivity index (χ1n) is 8.40. The van der Waals surface area contributed by atoms with E-state index in [0.29, 0.717) is 35.7 Å². The number of halogens is 3. The van der Waals surface area contributed by atoms with Gasteiger partial charge in [0.25, 0.3) is 0 Å². The number of aromatic nitrogens is 1. The zero-order valence-electron chi connectivity index (χ0n) is 14.4. The van der Waals surface area contributed by atoms with E-state index in [0.717, 1.165) is 5.56 Å². The van der Waals surface area contributed by atoms with Crippen molar-refractivity contribution in [3.05, 3.63) is 53.7 Å². The number of aryl methyl sites for hydroxylation is 2. The second kappa shape index (κ2) is 5.66. The summed E-state index contributed by atoms with van der Waals surface area (Å²) in [7, 11) is 1.81. The molecular formula is C19H21F3N+. The highest BCUT2D eigenvalue weighted by Gasteiger charge is 2.57. The van der Waals surface area contributed by atoms with E-state index >= 15 is 0 Å². The molecule has 0 aliphatic heterocycles. The molecule has 0 atom stereocenters. The van der Waals surface area contributed by atoms with Crippen molar-refractivity contribution < 1.29 is 19.1 Å². The van der Waals surface area contributed by atoms with Gasteiger partial charge in [-0.15, -0.1) is 0 Å². The average Bonchev–Trinajstić information content (AvgIpc) is 2.99. The minimum atomic E-state index is -4.25. The molecule has 23 heavy (non-hydrogen) atoms. The van der Waals surface area contributed by atoms with Gasteiger partial charge in [0.05, 0.1) is 6.79 Å². The van der Waals surface area contributed by atoms with Crippen molar-refractivity contribution >= 4 is 0 Å². The molecule has 2 aromatic rings. The van der Waals surface area contributed by atoms with Crippen LogP contribution < -0.4 is 4.57 Å². The van der Waals surface area contributed by atoms with Crippen LogP contribution in [-0.4, -0.2) is 6.18 Å². The van der Waals surface area contributed by atoms with Crippen LogP contribution in [0.1, 0.15) is 38.2 Å². The minimum absolute atomic E-state index is 0.144. The Bertz CT molecular complexity index is 741. The van der Waals surface area contributed by atoms with E-state index in [1.807, 2.05) is 13.0 Å². The van der Waals surface area contributed by atoms with E-state index in [9.17, 15) is 13.2 Å². The van der Waals surface area contributed by atoms with Crippen LogP contribution in [0.5, 0.6) is 0 Å². The van der Waals surface area contributed by atoms with Crippen LogP contribution >= 0.6 is 0 Å². The topological polar surface area (TPSA) is 3.88 Å². The smallest absolute Gasteiger partial charge is 0.201 e. The second-order valence-electron chi connectivity index (χ2n) is 6.43. The summed E-state index contributed by atoms with van der Waals surface area (Å²) < 4.78 is 51.5. The predicted octanol–water partition coefficient (Wildman–Crippen LogP) is 4.86. The summed E-state index contributed by atoms with van der Waals surface area (Å²) in [6.45, 7) is 1.88. The molecule has 0 bridgehead atoms. The molecule has 3 rings (SSSR count). The Hall–Kier alpha value is -1.84. The number of alkyl halides is 3. The van der Waals surface area contributed by atoms with E-state index in [-0.39, 0.29) is 12.8 Å². The summed E-state index contributed by atoms with van der Waals surface area (Å²) in [6.07, 6.45) is -1.08. The van der Waals surface area contributed by atoms with E-state index in [1.165, 1.54) is 0 Å². The highest BCUT2D eigenvalue weighted by atomic mass is 19.4. The highest BCUT2D eigenvalue weighted by molar-refractivity contribution is 5.61. The van der Waals surface area contributed by atoms with E-state index in [4.69, 9.17) is 1.37 Å². The summed E-state index contributed by atoms with van der Waals surface area (Å²) >= 11 is 0. The van der Waals surface area contributed by atoms with Crippen LogP contribution in [0.3, 0.4) is 0 Å². The van der Waals surface area contributed by atoms with Gasteiger partial charge in [-0.2, -0.15) is 13.2 Å². The molecule has 0 N–H and O–H groups in total. The number of rotatable bonds is 2. The van der Waals surface area contributed by atoms with Gasteiger partial charge >= 0.3 is 6.18 Å². The van der Waals surface area contributed by atoms with Crippen molar-refractivity contribution in [1.29, 1.82) is 0 Å². The van der Waals surface area contributed by atoms with Crippen molar-refractivity contribution in [1.82, 2.24) is 0 Å². The van der Waals surface area contributed by atoms with Crippen molar-refractivity contribution in [3.8, 4) is 11.3 Å². The van der Waals surface area contributed by atoms with E-state index in [1.54, 1.807) is 42.1 Å². The Kier molecular flexibility index (Phi) is 3.63. The third-order valence-corrected chi connectivity index (χ3v) is 5.02. The molecule has 0 spiro atoms. The number of benzene rings is 1. The normalized spacial score (nSPS) is 18.0. The number of pyridine rings is 1. The fourth-order valence-electron chi connectivity index (χ4n) is 3.63. The van der Waals surface area contributed by atoms with Gasteiger partial charge in [0.2, 0.25) is 5.69 Å². The lowest BCUT2D eigenvalue weighted by Gasteiger charge is -2.32.